The molecule has 2 aromatic carbocycles. The number of amides is 2. The number of nitrogens with zero attached hydrogens (tertiary/aromatic N) is 2. The summed E-state index contributed by atoms with van der Waals surface area (Å²) in [4.78, 5) is 27.7. The highest BCUT2D eigenvalue weighted by Crippen LogP contribution is 2.30. The van der Waals surface area contributed by atoms with Gasteiger partial charge in [-0.15, -0.1) is 0 Å². The lowest BCUT2D eigenvalue weighted by molar-refractivity contribution is -0.137. The molecule has 1 heterocycles. The molecule has 3 rings (SSSR count). The van der Waals surface area contributed by atoms with Gasteiger partial charge in [0.15, 0.2) is 0 Å². The molecule has 172 valence electrons. The van der Waals surface area contributed by atoms with Crippen LogP contribution in [0.15, 0.2) is 60.7 Å². The van der Waals surface area contributed by atoms with Crippen LogP contribution in [0.1, 0.15) is 56.2 Å². The standard InChI is InChI=1S/C26H35N3O3/c1-21-20-28(25(22-12-6-4-7-13-22)23-14-8-5-9-15-23)18-19-29(21)26(32)27-17-11-3-2-10-16-24(30)31/h4-9,12-15,21,25H,2-3,10-11,16-20H2,1H3,(H,27,32)(H,30,31)/t21-/m1/s1. The van der Waals surface area contributed by atoms with Gasteiger partial charge in [-0.3, -0.25) is 9.69 Å². The van der Waals surface area contributed by atoms with Crippen molar-refractivity contribution in [1.29, 1.82) is 0 Å². The first kappa shape index (κ1) is 23.8. The first-order chi connectivity index (χ1) is 15.6. The molecule has 0 saturated carbocycles. The molecule has 0 aliphatic carbocycles. The molecule has 2 aromatic rings. The van der Waals surface area contributed by atoms with Crippen molar-refractivity contribution in [2.75, 3.05) is 26.2 Å². The molecule has 2 amide bonds. The Bertz CT molecular complexity index is 804. The lowest BCUT2D eigenvalue weighted by Gasteiger charge is -2.43. The molecular formula is C26H35N3O3. The van der Waals surface area contributed by atoms with Crippen LogP contribution in [-0.4, -0.2) is 59.1 Å². The Kier molecular flexibility index (Phi) is 9.11. The van der Waals surface area contributed by atoms with Gasteiger partial charge in [-0.25, -0.2) is 4.79 Å². The first-order valence-corrected chi connectivity index (χ1v) is 11.7. The summed E-state index contributed by atoms with van der Waals surface area (Å²) in [7, 11) is 0. The number of unbranched alkanes of at least 4 members (excludes halogenated alkanes) is 3. The molecule has 2 N–H and O–H groups in total. The second-order valence-electron chi connectivity index (χ2n) is 8.55. The third kappa shape index (κ3) is 6.82. The molecule has 0 unspecified atom stereocenters. The van der Waals surface area contributed by atoms with E-state index in [1.807, 2.05) is 17.0 Å². The lowest BCUT2D eigenvalue weighted by atomic mass is 9.95. The Labute approximate surface area is 191 Å². The zero-order chi connectivity index (χ0) is 22.8. The topological polar surface area (TPSA) is 72.9 Å². The molecule has 1 atom stereocenters. The van der Waals surface area contributed by atoms with E-state index in [0.717, 1.165) is 32.4 Å². The van der Waals surface area contributed by atoms with Gasteiger partial charge in [-0.1, -0.05) is 73.5 Å². The van der Waals surface area contributed by atoms with Crippen molar-refractivity contribution in [1.82, 2.24) is 15.1 Å². The summed E-state index contributed by atoms with van der Waals surface area (Å²) in [5, 5.41) is 11.7. The first-order valence-electron chi connectivity index (χ1n) is 11.7. The Morgan fingerprint density at radius 2 is 1.53 bits per heavy atom. The van der Waals surface area contributed by atoms with Crippen molar-refractivity contribution in [3.8, 4) is 0 Å². The average molecular weight is 438 g/mol. The van der Waals surface area contributed by atoms with Gasteiger partial charge in [0.05, 0.1) is 6.04 Å². The summed E-state index contributed by atoms with van der Waals surface area (Å²) in [6.45, 7) is 5.08. The van der Waals surface area contributed by atoms with E-state index in [1.54, 1.807) is 0 Å². The van der Waals surface area contributed by atoms with Crippen LogP contribution in [0.25, 0.3) is 0 Å². The molecule has 1 saturated heterocycles. The van der Waals surface area contributed by atoms with Crippen molar-refractivity contribution in [3.63, 3.8) is 0 Å². The van der Waals surface area contributed by atoms with Gasteiger partial charge in [-0.2, -0.15) is 0 Å². The van der Waals surface area contributed by atoms with Crippen molar-refractivity contribution in [2.24, 2.45) is 0 Å². The predicted molar refractivity (Wildman–Crippen MR) is 127 cm³/mol. The van der Waals surface area contributed by atoms with E-state index in [1.165, 1.54) is 11.1 Å². The number of carboxylic acid groups (broad SMARTS) is 1. The Balaban J connectivity index is 1.52. The van der Waals surface area contributed by atoms with Crippen LogP contribution in [0.4, 0.5) is 4.79 Å². The Morgan fingerprint density at radius 1 is 0.938 bits per heavy atom. The number of nitrogens with one attached hydrogen (secondary N) is 1. The maximum atomic E-state index is 12.7. The summed E-state index contributed by atoms with van der Waals surface area (Å²) >= 11 is 0. The molecule has 0 bridgehead atoms. The van der Waals surface area contributed by atoms with Gasteiger partial charge in [0.25, 0.3) is 0 Å². The second-order valence-corrected chi connectivity index (χ2v) is 8.55. The Morgan fingerprint density at radius 3 is 2.09 bits per heavy atom. The number of carbonyl (C=O) groups excluding carboxylic acids is 1. The highest BCUT2D eigenvalue weighted by atomic mass is 16.4. The molecule has 6 nitrogen and oxygen atoms in total. The lowest BCUT2D eigenvalue weighted by Crippen LogP contribution is -2.57. The Hall–Kier alpha value is -2.86. The van der Waals surface area contributed by atoms with Crippen molar-refractivity contribution in [2.45, 2.75) is 51.1 Å². The molecule has 1 fully saturated rings. The highest BCUT2D eigenvalue weighted by Gasteiger charge is 2.32. The monoisotopic (exact) mass is 437 g/mol. The largest absolute Gasteiger partial charge is 0.481 e. The maximum Gasteiger partial charge on any atom is 0.317 e. The highest BCUT2D eigenvalue weighted by molar-refractivity contribution is 5.74. The van der Waals surface area contributed by atoms with Crippen molar-refractivity contribution < 1.29 is 14.7 Å². The van der Waals surface area contributed by atoms with Crippen molar-refractivity contribution in [3.05, 3.63) is 71.8 Å². The zero-order valence-electron chi connectivity index (χ0n) is 19.0. The number of piperazine rings is 1. The molecule has 0 aromatic heterocycles. The summed E-state index contributed by atoms with van der Waals surface area (Å²) in [6.07, 6.45) is 3.63. The van der Waals surface area contributed by atoms with E-state index >= 15 is 0 Å². The minimum Gasteiger partial charge on any atom is -0.481 e. The zero-order valence-corrected chi connectivity index (χ0v) is 19.0. The number of aliphatic carboxylic acids is 1. The van der Waals surface area contributed by atoms with Crippen LogP contribution in [0.5, 0.6) is 0 Å². The van der Waals surface area contributed by atoms with Crippen LogP contribution in [0.3, 0.4) is 0 Å². The number of urea groups is 1. The van der Waals surface area contributed by atoms with Gasteiger partial charge >= 0.3 is 12.0 Å². The third-order valence-electron chi connectivity index (χ3n) is 6.11. The molecule has 32 heavy (non-hydrogen) atoms. The van der Waals surface area contributed by atoms with Crippen LogP contribution in [0, 0.1) is 0 Å². The fourth-order valence-corrected chi connectivity index (χ4v) is 4.46. The number of rotatable bonds is 10. The van der Waals surface area contributed by atoms with E-state index in [9.17, 15) is 9.59 Å². The molecular weight excluding hydrogens is 402 g/mol. The number of hydrogen-bond acceptors (Lipinski definition) is 3. The summed E-state index contributed by atoms with van der Waals surface area (Å²) in [5.74, 6) is -0.742. The quantitative estimate of drug-likeness (QED) is 0.536. The van der Waals surface area contributed by atoms with Crippen LogP contribution < -0.4 is 5.32 Å². The second kappa shape index (κ2) is 12.2. The number of hydrogen-bond donors (Lipinski definition) is 2. The van der Waals surface area contributed by atoms with Gasteiger partial charge < -0.3 is 15.3 Å². The van der Waals surface area contributed by atoms with E-state index in [2.05, 4.69) is 65.7 Å². The van der Waals surface area contributed by atoms with E-state index in [4.69, 9.17) is 5.11 Å². The fraction of sp³-hybridized carbons (Fsp3) is 0.462. The summed E-state index contributed by atoms with van der Waals surface area (Å²) in [6, 6.07) is 21.4. The van der Waals surface area contributed by atoms with Gasteiger partial charge in [0.1, 0.15) is 0 Å². The van der Waals surface area contributed by atoms with Crippen LogP contribution in [-0.2, 0) is 4.79 Å². The molecule has 1 aliphatic heterocycles. The number of carbonyl (C=O) groups is 2. The van der Waals surface area contributed by atoms with Crippen LogP contribution in [0.2, 0.25) is 0 Å². The van der Waals surface area contributed by atoms with Gasteiger partial charge in [0, 0.05) is 38.6 Å². The number of carboxylic acids is 1. The van der Waals surface area contributed by atoms with E-state index < -0.39 is 5.97 Å². The average Bonchev–Trinajstić information content (AvgIpc) is 2.80. The van der Waals surface area contributed by atoms with Gasteiger partial charge in [-0.05, 0) is 30.9 Å². The summed E-state index contributed by atoms with van der Waals surface area (Å²) in [5.41, 5.74) is 2.54. The minimum atomic E-state index is -0.742. The molecule has 0 radical (unpaired) electrons. The number of benzene rings is 2. The molecule has 0 spiro atoms. The normalized spacial score (nSPS) is 16.8. The minimum absolute atomic E-state index is 0.00124. The van der Waals surface area contributed by atoms with E-state index in [0.29, 0.717) is 19.5 Å². The van der Waals surface area contributed by atoms with Crippen LogP contribution >= 0.6 is 0 Å². The smallest absolute Gasteiger partial charge is 0.317 e. The fourth-order valence-electron chi connectivity index (χ4n) is 4.46. The van der Waals surface area contributed by atoms with Gasteiger partial charge in [0.2, 0.25) is 0 Å². The summed E-state index contributed by atoms with van der Waals surface area (Å²) < 4.78 is 0. The van der Waals surface area contributed by atoms with Crippen molar-refractivity contribution >= 4 is 12.0 Å². The maximum absolute atomic E-state index is 12.7. The molecule has 6 heteroatoms. The third-order valence-corrected chi connectivity index (χ3v) is 6.11. The SMILES string of the molecule is C[C@@H]1CN(C(c2ccccc2)c2ccccc2)CCN1C(=O)NCCCCCCC(=O)O. The predicted octanol–water partition coefficient (Wildman–Crippen LogP) is 4.53. The molecule has 1 aliphatic rings. The van der Waals surface area contributed by atoms with E-state index in [-0.39, 0.29) is 24.5 Å².